The lowest BCUT2D eigenvalue weighted by molar-refractivity contribution is -0.148. The van der Waals surface area contributed by atoms with Crippen molar-refractivity contribution in [1.82, 2.24) is 9.80 Å². The Morgan fingerprint density at radius 1 is 1.10 bits per heavy atom. The summed E-state index contributed by atoms with van der Waals surface area (Å²) >= 11 is 3.33. The van der Waals surface area contributed by atoms with E-state index in [0.29, 0.717) is 10.0 Å². The molecule has 1 atom stereocenters. The Morgan fingerprint density at radius 2 is 1.72 bits per heavy atom. The molecular formula is C19H17BrN2O7. The number of nitrogens with zero attached hydrogens (tertiary/aromatic N) is 2. The third-order valence-electron chi connectivity index (χ3n) is 4.72. The van der Waals surface area contributed by atoms with Gasteiger partial charge in [0.15, 0.2) is 5.76 Å². The summed E-state index contributed by atoms with van der Waals surface area (Å²) in [6.45, 7) is 0. The van der Waals surface area contributed by atoms with Crippen molar-refractivity contribution in [3.63, 3.8) is 0 Å². The number of carbonyl (C=O) groups excluding carboxylic acids is 3. The molecular weight excluding hydrogens is 448 g/mol. The number of barbiturate groups is 1. The summed E-state index contributed by atoms with van der Waals surface area (Å²) in [4.78, 5) is 51.8. The molecule has 0 aliphatic carbocycles. The largest absolute Gasteiger partial charge is 0.502 e. The molecule has 1 fully saturated rings. The highest BCUT2D eigenvalue weighted by Crippen LogP contribution is 2.40. The van der Waals surface area contributed by atoms with E-state index >= 15 is 0 Å². The van der Waals surface area contributed by atoms with Crippen LogP contribution < -0.4 is 10.2 Å². The molecule has 0 saturated carbocycles. The fourth-order valence-electron chi connectivity index (χ4n) is 3.21. The minimum atomic E-state index is -1.45. The van der Waals surface area contributed by atoms with Gasteiger partial charge in [-0.2, -0.15) is 0 Å². The first-order chi connectivity index (χ1) is 13.7. The number of rotatable bonds is 4. The summed E-state index contributed by atoms with van der Waals surface area (Å²) in [5.74, 6) is -5.46. The minimum Gasteiger partial charge on any atom is -0.502 e. The van der Waals surface area contributed by atoms with E-state index in [4.69, 9.17) is 9.15 Å². The van der Waals surface area contributed by atoms with Crippen LogP contribution in [-0.2, 0) is 9.59 Å². The highest BCUT2D eigenvalue weighted by atomic mass is 79.9. The number of methoxy groups -OCH3 is 1. The van der Waals surface area contributed by atoms with Gasteiger partial charge in [-0.1, -0.05) is 28.1 Å². The van der Waals surface area contributed by atoms with E-state index in [2.05, 4.69) is 15.9 Å². The molecule has 1 aromatic heterocycles. The highest BCUT2D eigenvalue weighted by molar-refractivity contribution is 9.10. The molecule has 2 heterocycles. The van der Waals surface area contributed by atoms with Gasteiger partial charge in [0.25, 0.3) is 5.95 Å². The Labute approximate surface area is 173 Å². The van der Waals surface area contributed by atoms with Crippen LogP contribution in [0.3, 0.4) is 0 Å². The second-order valence-corrected chi connectivity index (χ2v) is 7.35. The van der Waals surface area contributed by atoms with Gasteiger partial charge in [0.2, 0.25) is 23.0 Å². The van der Waals surface area contributed by atoms with Crippen LogP contribution in [0.2, 0.25) is 0 Å². The van der Waals surface area contributed by atoms with Crippen molar-refractivity contribution >= 4 is 33.8 Å². The Morgan fingerprint density at radius 3 is 2.28 bits per heavy atom. The van der Waals surface area contributed by atoms with Crippen LogP contribution in [0.1, 0.15) is 17.2 Å². The summed E-state index contributed by atoms with van der Waals surface area (Å²) in [6, 6.07) is 6.81. The van der Waals surface area contributed by atoms with Gasteiger partial charge in [-0.3, -0.25) is 24.2 Å². The van der Waals surface area contributed by atoms with Crippen molar-refractivity contribution in [1.29, 1.82) is 0 Å². The second-order valence-electron chi connectivity index (χ2n) is 6.43. The number of hydrogen-bond donors (Lipinski definition) is 1. The third-order valence-corrected chi connectivity index (χ3v) is 5.21. The number of hydrogen-bond acceptors (Lipinski definition) is 7. The first kappa shape index (κ1) is 20.6. The number of urea groups is 1. The van der Waals surface area contributed by atoms with Crippen LogP contribution in [0, 0.1) is 5.92 Å². The number of halogens is 1. The van der Waals surface area contributed by atoms with E-state index in [1.54, 1.807) is 24.3 Å². The minimum absolute atomic E-state index is 0.198. The monoisotopic (exact) mass is 464 g/mol. The second kappa shape index (κ2) is 7.70. The van der Waals surface area contributed by atoms with Crippen LogP contribution in [-0.4, -0.2) is 54.0 Å². The molecule has 1 unspecified atom stereocenters. The molecule has 1 aliphatic heterocycles. The maximum atomic E-state index is 12.9. The molecule has 1 saturated heterocycles. The third kappa shape index (κ3) is 3.51. The van der Waals surface area contributed by atoms with E-state index in [0.717, 1.165) is 15.9 Å². The van der Waals surface area contributed by atoms with Gasteiger partial charge < -0.3 is 14.3 Å². The van der Waals surface area contributed by atoms with Gasteiger partial charge >= 0.3 is 6.03 Å². The van der Waals surface area contributed by atoms with Crippen molar-refractivity contribution in [3.05, 3.63) is 56.4 Å². The zero-order chi connectivity index (χ0) is 21.5. The molecule has 9 nitrogen and oxygen atoms in total. The molecule has 1 N–H and O–H groups in total. The van der Waals surface area contributed by atoms with Gasteiger partial charge in [-0.05, 0) is 17.7 Å². The number of aromatic hydroxyl groups is 1. The summed E-state index contributed by atoms with van der Waals surface area (Å²) in [5, 5.41) is 10.4. The topological polar surface area (TPSA) is 117 Å². The van der Waals surface area contributed by atoms with Crippen LogP contribution in [0.5, 0.6) is 11.7 Å². The molecule has 29 heavy (non-hydrogen) atoms. The summed E-state index contributed by atoms with van der Waals surface area (Å²) in [5.41, 5.74) is -0.384. The van der Waals surface area contributed by atoms with E-state index in [9.17, 15) is 24.3 Å². The van der Waals surface area contributed by atoms with Crippen molar-refractivity contribution < 1.29 is 28.6 Å². The smallest absolute Gasteiger partial charge is 0.332 e. The molecule has 4 amide bonds. The summed E-state index contributed by atoms with van der Waals surface area (Å²) in [7, 11) is 3.77. The van der Waals surface area contributed by atoms with E-state index in [1.807, 2.05) is 0 Å². The van der Waals surface area contributed by atoms with Crippen LogP contribution in [0.4, 0.5) is 4.79 Å². The predicted molar refractivity (Wildman–Crippen MR) is 104 cm³/mol. The maximum Gasteiger partial charge on any atom is 0.332 e. The summed E-state index contributed by atoms with van der Waals surface area (Å²) < 4.78 is 11.1. The van der Waals surface area contributed by atoms with Gasteiger partial charge in [0, 0.05) is 18.6 Å². The van der Waals surface area contributed by atoms with Crippen LogP contribution >= 0.6 is 15.9 Å². The average Bonchev–Trinajstić information content (AvgIpc) is 2.70. The standard InChI is InChI=1S/C19H17BrN2O7/c1-21-17(25)14(18(26)22(2)19(21)27)13(9-5-4-6-10(20)7-9)16-15(24)11(23)8-12(28-3)29-16/h4-8,13-14,24H,1-3H3. The van der Waals surface area contributed by atoms with Gasteiger partial charge in [-0.25, -0.2) is 4.79 Å². The first-order valence-electron chi connectivity index (χ1n) is 8.43. The van der Waals surface area contributed by atoms with Gasteiger partial charge in [0.05, 0.1) is 19.1 Å². The predicted octanol–water partition coefficient (Wildman–Crippen LogP) is 1.91. The molecule has 0 radical (unpaired) electrons. The molecule has 10 heteroatoms. The SMILES string of the molecule is COc1cc(=O)c(O)c(C(c2cccc(Br)c2)C2C(=O)N(C)C(=O)N(C)C2=O)o1. The van der Waals surface area contributed by atoms with Crippen molar-refractivity contribution in [3.8, 4) is 11.7 Å². The molecule has 1 aromatic carbocycles. The molecule has 152 valence electrons. The Bertz CT molecular complexity index is 1040. The fraction of sp³-hybridized carbons (Fsp3) is 0.263. The zero-order valence-electron chi connectivity index (χ0n) is 15.7. The van der Waals surface area contributed by atoms with Gasteiger partial charge in [-0.15, -0.1) is 0 Å². The fourth-order valence-corrected chi connectivity index (χ4v) is 3.63. The molecule has 1 aliphatic rings. The number of benzene rings is 1. The van der Waals surface area contributed by atoms with Crippen LogP contribution in [0.25, 0.3) is 0 Å². The average molecular weight is 465 g/mol. The molecule has 0 bridgehead atoms. The van der Waals surface area contributed by atoms with Crippen molar-refractivity contribution in [2.75, 3.05) is 21.2 Å². The van der Waals surface area contributed by atoms with Crippen LogP contribution in [0.15, 0.2) is 44.0 Å². The zero-order valence-corrected chi connectivity index (χ0v) is 17.3. The highest BCUT2D eigenvalue weighted by Gasteiger charge is 2.49. The molecule has 2 aromatic rings. The Kier molecular flexibility index (Phi) is 5.47. The van der Waals surface area contributed by atoms with E-state index < -0.39 is 40.9 Å². The first-order valence-corrected chi connectivity index (χ1v) is 9.22. The lowest BCUT2D eigenvalue weighted by atomic mass is 9.81. The Balaban J connectivity index is 2.30. The number of carbonyl (C=O) groups is 3. The molecule has 3 rings (SSSR count). The number of amides is 4. The van der Waals surface area contributed by atoms with E-state index in [-0.39, 0.29) is 11.7 Å². The normalized spacial score (nSPS) is 16.3. The van der Waals surface area contributed by atoms with Crippen molar-refractivity contribution in [2.24, 2.45) is 5.92 Å². The van der Waals surface area contributed by atoms with Crippen molar-refractivity contribution in [2.45, 2.75) is 5.92 Å². The number of imide groups is 2. The lowest BCUT2D eigenvalue weighted by Crippen LogP contribution is -2.58. The molecule has 0 spiro atoms. The lowest BCUT2D eigenvalue weighted by Gasteiger charge is -2.36. The van der Waals surface area contributed by atoms with E-state index in [1.165, 1.54) is 21.2 Å². The van der Waals surface area contributed by atoms with Gasteiger partial charge in [0.1, 0.15) is 5.92 Å². The Hall–Kier alpha value is -3.14. The number of ether oxygens (including phenoxy) is 1. The summed E-state index contributed by atoms with van der Waals surface area (Å²) in [6.07, 6.45) is 0. The maximum absolute atomic E-state index is 12.9. The quantitative estimate of drug-likeness (QED) is 0.686.